The van der Waals surface area contributed by atoms with Crippen molar-refractivity contribution in [3.05, 3.63) is 0 Å². The van der Waals surface area contributed by atoms with Crippen LogP contribution in [-0.2, 0) is 0 Å². The van der Waals surface area contributed by atoms with Crippen LogP contribution in [0, 0.1) is 0 Å². The molecule has 1 aliphatic rings. The van der Waals surface area contributed by atoms with E-state index in [1.54, 1.807) is 0 Å². The Balaban J connectivity index is 2.92. The second kappa shape index (κ2) is 2.69. The minimum atomic E-state index is -0.181. The molecule has 3 nitrogen and oxygen atoms in total. The Hall–Kier alpha value is -0.120. The van der Waals surface area contributed by atoms with Gasteiger partial charge in [0.25, 0.3) is 0 Å². The maximum absolute atomic E-state index is 9.70. The van der Waals surface area contributed by atoms with Crippen LogP contribution in [0.3, 0.4) is 0 Å². The molecule has 0 radical (unpaired) electrons. The van der Waals surface area contributed by atoms with Crippen molar-refractivity contribution in [3.8, 4) is 0 Å². The fourth-order valence-corrected chi connectivity index (χ4v) is 1.59. The van der Waals surface area contributed by atoms with E-state index in [0.29, 0.717) is 0 Å². The summed E-state index contributed by atoms with van der Waals surface area (Å²) in [6.45, 7) is 10.1. The highest BCUT2D eigenvalue weighted by molar-refractivity contribution is 5.02. The number of likely N-dealkylation sites (N-methyl/N-ethyl adjacent to an activating group) is 1. The number of rotatable bonds is 0. The normalized spacial score (nSPS) is 30.5. The lowest BCUT2D eigenvalue weighted by Gasteiger charge is -2.55. The van der Waals surface area contributed by atoms with Crippen LogP contribution in [0.25, 0.3) is 0 Å². The molecule has 1 aliphatic heterocycles. The summed E-state index contributed by atoms with van der Waals surface area (Å²) < 4.78 is 0. The lowest BCUT2D eigenvalue weighted by atomic mass is 9.79. The Labute approximate surface area is 74.9 Å². The first-order chi connectivity index (χ1) is 5.30. The molecule has 1 rings (SSSR count). The van der Waals surface area contributed by atoms with Crippen LogP contribution in [0.15, 0.2) is 0 Å². The first-order valence-corrected chi connectivity index (χ1v) is 4.48. The van der Waals surface area contributed by atoms with E-state index in [2.05, 4.69) is 39.6 Å². The van der Waals surface area contributed by atoms with Crippen molar-refractivity contribution >= 4 is 0 Å². The van der Waals surface area contributed by atoms with E-state index in [9.17, 15) is 5.21 Å². The highest BCUT2D eigenvalue weighted by Crippen LogP contribution is 2.34. The highest BCUT2D eigenvalue weighted by atomic mass is 16.5. The fourth-order valence-electron chi connectivity index (χ4n) is 1.59. The van der Waals surface area contributed by atoms with Crippen molar-refractivity contribution in [1.29, 1.82) is 0 Å². The molecule has 0 amide bonds. The molecule has 0 aromatic heterocycles. The van der Waals surface area contributed by atoms with Crippen LogP contribution in [0.2, 0.25) is 0 Å². The van der Waals surface area contributed by atoms with E-state index in [4.69, 9.17) is 0 Å². The largest absolute Gasteiger partial charge is 0.313 e. The van der Waals surface area contributed by atoms with Gasteiger partial charge in [0.2, 0.25) is 0 Å². The van der Waals surface area contributed by atoms with Crippen molar-refractivity contribution in [2.24, 2.45) is 0 Å². The van der Waals surface area contributed by atoms with Crippen LogP contribution in [0.5, 0.6) is 0 Å². The summed E-state index contributed by atoms with van der Waals surface area (Å²) in [6, 6.07) is 0. The van der Waals surface area contributed by atoms with Gasteiger partial charge >= 0.3 is 0 Å². The van der Waals surface area contributed by atoms with Gasteiger partial charge in [0.05, 0.1) is 5.54 Å². The summed E-state index contributed by atoms with van der Waals surface area (Å²) in [5, 5.41) is 11.1. The molecule has 0 spiro atoms. The molecule has 12 heavy (non-hydrogen) atoms. The third-order valence-electron chi connectivity index (χ3n) is 3.74. The lowest BCUT2D eigenvalue weighted by molar-refractivity contribution is -0.229. The van der Waals surface area contributed by atoms with Gasteiger partial charge in [-0.25, -0.2) is 0 Å². The fraction of sp³-hybridized carbons (Fsp3) is 1.00. The van der Waals surface area contributed by atoms with Gasteiger partial charge in [-0.3, -0.25) is 4.90 Å². The molecule has 1 saturated heterocycles. The summed E-state index contributed by atoms with van der Waals surface area (Å²) in [5.41, 5.74) is -0.167. The average Bonchev–Trinajstić information content (AvgIpc) is 1.96. The highest BCUT2D eigenvalue weighted by Gasteiger charge is 2.47. The number of hydrogen-bond acceptors (Lipinski definition) is 3. The molecule has 0 aromatic rings. The lowest BCUT2D eigenvalue weighted by Crippen LogP contribution is -2.69. The molecular formula is C9H20N2O. The zero-order valence-electron chi connectivity index (χ0n) is 8.76. The van der Waals surface area contributed by atoms with Gasteiger partial charge < -0.3 is 5.21 Å². The smallest absolute Gasteiger partial charge is 0.0582 e. The van der Waals surface area contributed by atoms with Gasteiger partial charge in [-0.2, -0.15) is 5.06 Å². The van der Waals surface area contributed by atoms with E-state index in [1.165, 1.54) is 5.06 Å². The van der Waals surface area contributed by atoms with Crippen LogP contribution in [0.4, 0.5) is 0 Å². The topological polar surface area (TPSA) is 26.7 Å². The summed E-state index contributed by atoms with van der Waals surface area (Å²) in [7, 11) is 2.11. The Morgan fingerprint density at radius 2 is 1.50 bits per heavy atom. The van der Waals surface area contributed by atoms with Gasteiger partial charge in [-0.15, -0.1) is 0 Å². The Morgan fingerprint density at radius 3 is 1.92 bits per heavy atom. The third kappa shape index (κ3) is 1.16. The molecule has 1 N–H and O–H groups in total. The Morgan fingerprint density at radius 1 is 1.00 bits per heavy atom. The standard InChI is InChI=1S/C9H20N2O/c1-8(2)9(3,4)11(12)7-6-10(8)5/h12H,6-7H2,1-5H3. The van der Waals surface area contributed by atoms with Crippen LogP contribution in [0.1, 0.15) is 27.7 Å². The molecule has 72 valence electrons. The minimum Gasteiger partial charge on any atom is -0.313 e. The Bertz CT molecular complexity index is 157. The number of hydroxylamine groups is 2. The quantitative estimate of drug-likeness (QED) is 0.594. The third-order valence-corrected chi connectivity index (χ3v) is 3.74. The first kappa shape index (κ1) is 9.96. The van der Waals surface area contributed by atoms with Crippen molar-refractivity contribution < 1.29 is 5.21 Å². The molecule has 3 heteroatoms. The van der Waals surface area contributed by atoms with E-state index in [0.717, 1.165) is 13.1 Å². The predicted octanol–water partition coefficient (Wildman–Crippen LogP) is 1.18. The number of piperazine rings is 1. The SMILES string of the molecule is CN1CCN(O)C(C)(C)C1(C)C. The molecule has 1 fully saturated rings. The molecule has 0 aromatic carbocycles. The molecule has 0 atom stereocenters. The minimum absolute atomic E-state index is 0.0139. The number of nitrogens with zero attached hydrogens (tertiary/aromatic N) is 2. The van der Waals surface area contributed by atoms with Crippen LogP contribution in [-0.4, -0.2) is 46.4 Å². The van der Waals surface area contributed by atoms with Crippen molar-refractivity contribution in [1.82, 2.24) is 9.96 Å². The van der Waals surface area contributed by atoms with E-state index < -0.39 is 0 Å². The molecular weight excluding hydrogens is 152 g/mol. The van der Waals surface area contributed by atoms with Crippen LogP contribution >= 0.6 is 0 Å². The maximum atomic E-state index is 9.70. The summed E-state index contributed by atoms with van der Waals surface area (Å²) >= 11 is 0. The Kier molecular flexibility index (Phi) is 2.23. The summed E-state index contributed by atoms with van der Waals surface area (Å²) in [4.78, 5) is 2.29. The van der Waals surface area contributed by atoms with Crippen LogP contribution < -0.4 is 0 Å². The van der Waals surface area contributed by atoms with Gasteiger partial charge in [-0.1, -0.05) is 0 Å². The molecule has 0 unspecified atom stereocenters. The second-order valence-corrected chi connectivity index (χ2v) is 4.66. The first-order valence-electron chi connectivity index (χ1n) is 4.48. The molecule has 1 heterocycles. The molecule has 0 saturated carbocycles. The number of hydrogen-bond donors (Lipinski definition) is 1. The zero-order chi connectivity index (χ0) is 9.57. The van der Waals surface area contributed by atoms with E-state index in [1.807, 2.05) is 0 Å². The summed E-state index contributed by atoms with van der Waals surface area (Å²) in [6.07, 6.45) is 0. The van der Waals surface area contributed by atoms with E-state index >= 15 is 0 Å². The summed E-state index contributed by atoms with van der Waals surface area (Å²) in [5.74, 6) is 0. The van der Waals surface area contributed by atoms with Gasteiger partial charge in [-0.05, 0) is 34.7 Å². The van der Waals surface area contributed by atoms with Crippen molar-refractivity contribution in [3.63, 3.8) is 0 Å². The van der Waals surface area contributed by atoms with Gasteiger partial charge in [0.1, 0.15) is 0 Å². The molecule has 0 aliphatic carbocycles. The molecule has 0 bridgehead atoms. The van der Waals surface area contributed by atoms with E-state index in [-0.39, 0.29) is 11.1 Å². The zero-order valence-corrected chi connectivity index (χ0v) is 8.76. The van der Waals surface area contributed by atoms with Crippen molar-refractivity contribution in [2.75, 3.05) is 20.1 Å². The monoisotopic (exact) mass is 172 g/mol. The average molecular weight is 172 g/mol. The predicted molar refractivity (Wildman–Crippen MR) is 49.3 cm³/mol. The maximum Gasteiger partial charge on any atom is 0.0582 e. The van der Waals surface area contributed by atoms with Crippen molar-refractivity contribution in [2.45, 2.75) is 38.8 Å². The second-order valence-electron chi connectivity index (χ2n) is 4.66. The van der Waals surface area contributed by atoms with Gasteiger partial charge in [0.15, 0.2) is 0 Å². The van der Waals surface area contributed by atoms with Gasteiger partial charge in [0, 0.05) is 18.6 Å².